The minimum absolute atomic E-state index is 0.0624. The van der Waals surface area contributed by atoms with Crippen LogP contribution in [0, 0.1) is 0 Å². The summed E-state index contributed by atoms with van der Waals surface area (Å²) in [6, 6.07) is 5.24. The number of rotatable bonds is 6. The largest absolute Gasteiger partial charge is 0.494 e. The summed E-state index contributed by atoms with van der Waals surface area (Å²) in [6.45, 7) is 7.21. The molecule has 28 heavy (non-hydrogen) atoms. The van der Waals surface area contributed by atoms with Gasteiger partial charge in [-0.2, -0.15) is 0 Å². The van der Waals surface area contributed by atoms with Gasteiger partial charge in [0, 0.05) is 17.3 Å². The second-order valence-corrected chi connectivity index (χ2v) is 7.86. The Hall–Kier alpha value is -2.20. The number of hydrogen-bond acceptors (Lipinski definition) is 7. The molecule has 0 saturated carbocycles. The molecule has 3 rings (SSSR count). The van der Waals surface area contributed by atoms with Crippen molar-refractivity contribution in [2.24, 2.45) is 0 Å². The first-order chi connectivity index (χ1) is 13.1. The lowest BCUT2D eigenvalue weighted by Crippen LogP contribution is -2.41. The van der Waals surface area contributed by atoms with Crippen molar-refractivity contribution < 1.29 is 29.1 Å². The fourth-order valence-corrected chi connectivity index (χ4v) is 3.05. The van der Waals surface area contributed by atoms with Crippen molar-refractivity contribution in [1.82, 2.24) is 4.90 Å². The lowest BCUT2D eigenvalue weighted by Gasteiger charge is -2.32. The first-order valence-corrected chi connectivity index (χ1v) is 9.14. The molecule has 1 saturated heterocycles. The van der Waals surface area contributed by atoms with E-state index in [2.05, 4.69) is 5.32 Å². The van der Waals surface area contributed by atoms with Crippen molar-refractivity contribution in [3.8, 4) is 0 Å². The molecule has 1 aromatic rings. The number of aliphatic hydroxyl groups is 2. The summed E-state index contributed by atoms with van der Waals surface area (Å²) < 4.78 is 12.1. The van der Waals surface area contributed by atoms with Gasteiger partial charge in [0.25, 0.3) is 11.8 Å². The highest BCUT2D eigenvalue weighted by Gasteiger charge is 2.51. The van der Waals surface area contributed by atoms with Crippen LogP contribution in [0.2, 0.25) is 0 Å². The van der Waals surface area contributed by atoms with Crippen molar-refractivity contribution >= 4 is 30.1 Å². The molecule has 0 aromatic heterocycles. The third kappa shape index (κ3) is 3.58. The molecule has 2 aliphatic heterocycles. The van der Waals surface area contributed by atoms with Crippen molar-refractivity contribution in [3.63, 3.8) is 0 Å². The zero-order chi connectivity index (χ0) is 20.7. The average molecular weight is 388 g/mol. The van der Waals surface area contributed by atoms with Gasteiger partial charge < -0.3 is 24.8 Å². The second-order valence-electron chi connectivity index (χ2n) is 7.86. The van der Waals surface area contributed by atoms with Crippen LogP contribution < -0.4 is 10.8 Å². The monoisotopic (exact) mass is 388 g/mol. The van der Waals surface area contributed by atoms with E-state index in [0.717, 1.165) is 10.4 Å². The predicted octanol–water partition coefficient (Wildman–Crippen LogP) is 0.135. The molecule has 3 N–H and O–H groups in total. The van der Waals surface area contributed by atoms with Crippen LogP contribution in [-0.4, -0.2) is 58.4 Å². The van der Waals surface area contributed by atoms with Gasteiger partial charge >= 0.3 is 7.12 Å². The average Bonchev–Trinajstić information content (AvgIpc) is 3.01. The van der Waals surface area contributed by atoms with E-state index in [1.165, 1.54) is 6.08 Å². The summed E-state index contributed by atoms with van der Waals surface area (Å²) in [5.41, 5.74) is 0.918. The first kappa shape index (κ1) is 20.5. The summed E-state index contributed by atoms with van der Waals surface area (Å²) in [5.74, 6) is -1.00. The Labute approximate surface area is 164 Å². The van der Waals surface area contributed by atoms with Crippen molar-refractivity contribution in [3.05, 3.63) is 35.5 Å². The number of aliphatic hydroxyl groups excluding tert-OH is 2. The Balaban J connectivity index is 1.81. The van der Waals surface area contributed by atoms with Gasteiger partial charge in [-0.25, -0.2) is 0 Å². The zero-order valence-electron chi connectivity index (χ0n) is 16.5. The van der Waals surface area contributed by atoms with Crippen LogP contribution in [0.1, 0.15) is 33.3 Å². The van der Waals surface area contributed by atoms with E-state index < -0.39 is 30.1 Å². The zero-order valence-corrected chi connectivity index (χ0v) is 16.5. The van der Waals surface area contributed by atoms with E-state index in [4.69, 9.17) is 14.4 Å². The van der Waals surface area contributed by atoms with Crippen LogP contribution >= 0.6 is 0 Å². The summed E-state index contributed by atoms with van der Waals surface area (Å²) in [4.78, 5) is 25.1. The maximum Gasteiger partial charge on any atom is 0.494 e. The molecular formula is C19H25BN2O6. The van der Waals surface area contributed by atoms with Crippen molar-refractivity contribution in [1.29, 1.82) is 0 Å². The minimum atomic E-state index is -0.571. The SMILES string of the molecule is CC1(C)OB(c2ccc(NC3=CC(=O)N(CCO)C3=O)c(CO)c2)OC1(C)C. The molecule has 0 spiro atoms. The molecule has 2 heterocycles. The van der Waals surface area contributed by atoms with E-state index in [-0.39, 0.29) is 25.5 Å². The molecule has 0 bridgehead atoms. The summed E-state index contributed by atoms with van der Waals surface area (Å²) in [6.07, 6.45) is 1.18. The molecule has 0 aliphatic carbocycles. The van der Waals surface area contributed by atoms with Crippen LogP contribution in [0.25, 0.3) is 0 Å². The highest BCUT2D eigenvalue weighted by Crippen LogP contribution is 2.36. The number of β-amino-alcohol motifs (C(OH)–C–C–N with tert-alkyl or cyclic N) is 1. The molecule has 1 aromatic carbocycles. The molecule has 1 fully saturated rings. The number of imide groups is 1. The molecule has 2 aliphatic rings. The number of carbonyl (C=O) groups excluding carboxylic acids is 2. The molecular weight excluding hydrogens is 363 g/mol. The number of carbonyl (C=O) groups is 2. The Morgan fingerprint density at radius 2 is 1.75 bits per heavy atom. The van der Waals surface area contributed by atoms with Gasteiger partial charge in [-0.15, -0.1) is 0 Å². The minimum Gasteiger partial charge on any atom is -0.399 e. The molecule has 0 unspecified atom stereocenters. The van der Waals surface area contributed by atoms with E-state index in [1.807, 2.05) is 27.7 Å². The number of benzene rings is 1. The molecule has 0 radical (unpaired) electrons. The van der Waals surface area contributed by atoms with Crippen molar-refractivity contribution in [2.45, 2.75) is 45.5 Å². The first-order valence-electron chi connectivity index (χ1n) is 9.14. The van der Waals surface area contributed by atoms with E-state index in [1.54, 1.807) is 18.2 Å². The molecule has 0 atom stereocenters. The maximum atomic E-state index is 12.3. The molecule has 8 nitrogen and oxygen atoms in total. The Bertz CT molecular complexity index is 820. The highest BCUT2D eigenvalue weighted by molar-refractivity contribution is 6.62. The maximum absolute atomic E-state index is 12.3. The highest BCUT2D eigenvalue weighted by atomic mass is 16.7. The number of amides is 2. The smallest absolute Gasteiger partial charge is 0.399 e. The van der Waals surface area contributed by atoms with Gasteiger partial charge in [0.1, 0.15) is 5.70 Å². The Morgan fingerprint density at radius 1 is 1.11 bits per heavy atom. The third-order valence-electron chi connectivity index (χ3n) is 5.43. The van der Waals surface area contributed by atoms with Gasteiger partial charge in [0.05, 0.1) is 31.0 Å². The fraction of sp³-hybridized carbons (Fsp3) is 0.474. The fourth-order valence-electron chi connectivity index (χ4n) is 3.05. The summed E-state index contributed by atoms with van der Waals surface area (Å²) in [7, 11) is -0.571. The number of nitrogens with one attached hydrogen (secondary N) is 1. The van der Waals surface area contributed by atoms with Gasteiger partial charge in [-0.05, 0) is 39.2 Å². The lowest BCUT2D eigenvalue weighted by atomic mass is 9.78. The topological polar surface area (TPSA) is 108 Å². The van der Waals surface area contributed by atoms with Gasteiger partial charge in [0.15, 0.2) is 0 Å². The molecule has 9 heteroatoms. The summed E-state index contributed by atoms with van der Waals surface area (Å²) in [5, 5.41) is 21.7. The van der Waals surface area contributed by atoms with Crippen LogP contribution in [0.15, 0.2) is 30.0 Å². The van der Waals surface area contributed by atoms with Gasteiger partial charge in [-0.1, -0.05) is 12.1 Å². The lowest BCUT2D eigenvalue weighted by molar-refractivity contribution is -0.137. The Morgan fingerprint density at radius 3 is 2.32 bits per heavy atom. The number of nitrogens with zero attached hydrogens (tertiary/aromatic N) is 1. The van der Waals surface area contributed by atoms with Crippen molar-refractivity contribution in [2.75, 3.05) is 18.5 Å². The van der Waals surface area contributed by atoms with Crippen LogP contribution in [-0.2, 0) is 25.5 Å². The van der Waals surface area contributed by atoms with Gasteiger partial charge in [0.2, 0.25) is 0 Å². The predicted molar refractivity (Wildman–Crippen MR) is 104 cm³/mol. The molecule has 150 valence electrons. The second kappa shape index (κ2) is 7.33. The van der Waals surface area contributed by atoms with Crippen LogP contribution in [0.4, 0.5) is 5.69 Å². The van der Waals surface area contributed by atoms with Crippen LogP contribution in [0.3, 0.4) is 0 Å². The van der Waals surface area contributed by atoms with Gasteiger partial charge in [-0.3, -0.25) is 14.5 Å². The Kier molecular flexibility index (Phi) is 5.37. The van der Waals surface area contributed by atoms with E-state index >= 15 is 0 Å². The quantitative estimate of drug-likeness (QED) is 0.470. The molecule has 2 amide bonds. The van der Waals surface area contributed by atoms with Crippen LogP contribution in [0.5, 0.6) is 0 Å². The number of anilines is 1. The van der Waals surface area contributed by atoms with E-state index in [0.29, 0.717) is 11.3 Å². The number of hydrogen-bond donors (Lipinski definition) is 3. The third-order valence-corrected chi connectivity index (χ3v) is 5.43. The summed E-state index contributed by atoms with van der Waals surface area (Å²) >= 11 is 0. The normalized spacial score (nSPS) is 20.7. The van der Waals surface area contributed by atoms with E-state index in [9.17, 15) is 14.7 Å². The standard InChI is InChI=1S/C19H25BN2O6/c1-18(2)19(3,4)28-20(27-18)13-5-6-14(12(9-13)11-24)21-15-10-16(25)22(7-8-23)17(15)26/h5-6,9-10,21,23-24H,7-8,11H2,1-4H3.